The summed E-state index contributed by atoms with van der Waals surface area (Å²) in [6, 6.07) is 12.5. The molecule has 0 unspecified atom stereocenters. The summed E-state index contributed by atoms with van der Waals surface area (Å²) in [6.07, 6.45) is 3.27. The average Bonchev–Trinajstić information content (AvgIpc) is 3.06. The molecule has 0 aliphatic heterocycles. The molecule has 0 radical (unpaired) electrons. The lowest BCUT2D eigenvalue weighted by molar-refractivity contribution is -0.111. The number of thiophene rings is 1. The number of carbonyl (C=O) groups excluding carboxylic acids is 1. The number of nitrogens with zero attached hydrogens (tertiary/aromatic N) is 1. The molecule has 24 heavy (non-hydrogen) atoms. The van der Waals surface area contributed by atoms with Crippen LogP contribution in [-0.4, -0.2) is 15.9 Å². The van der Waals surface area contributed by atoms with Crippen LogP contribution in [0.1, 0.15) is 10.6 Å². The van der Waals surface area contributed by atoms with E-state index in [4.69, 9.17) is 0 Å². The number of aryl methyl sites for hydroxylation is 1. The van der Waals surface area contributed by atoms with Gasteiger partial charge < -0.3 is 10.3 Å². The minimum Gasteiger partial charge on any atom is -0.323 e. The van der Waals surface area contributed by atoms with Crippen molar-refractivity contribution < 1.29 is 4.79 Å². The van der Waals surface area contributed by atoms with Crippen molar-refractivity contribution in [3.8, 4) is 11.4 Å². The number of carbonyl (C=O) groups is 1. The highest BCUT2D eigenvalue weighted by atomic mass is 32.1. The first-order chi connectivity index (χ1) is 11.6. The first-order valence-electron chi connectivity index (χ1n) is 7.31. The number of benzene rings is 1. The van der Waals surface area contributed by atoms with Gasteiger partial charge in [0, 0.05) is 34.0 Å². The maximum Gasteiger partial charge on any atom is 0.251 e. The molecular formula is C18H15N3O2S. The van der Waals surface area contributed by atoms with Crippen LogP contribution in [0.5, 0.6) is 0 Å². The summed E-state index contributed by atoms with van der Waals surface area (Å²) in [5.74, 6) is 0.314. The lowest BCUT2D eigenvalue weighted by Gasteiger charge is -2.05. The molecule has 0 saturated carbocycles. The number of hydrogen-bond acceptors (Lipinski definition) is 4. The van der Waals surface area contributed by atoms with Crippen LogP contribution in [0.2, 0.25) is 0 Å². The number of aromatic amines is 1. The van der Waals surface area contributed by atoms with E-state index < -0.39 is 0 Å². The lowest BCUT2D eigenvalue weighted by Crippen LogP contribution is -2.09. The first kappa shape index (κ1) is 15.9. The number of anilines is 1. The van der Waals surface area contributed by atoms with Gasteiger partial charge in [-0.2, -0.15) is 0 Å². The topological polar surface area (TPSA) is 74.8 Å². The largest absolute Gasteiger partial charge is 0.323 e. The van der Waals surface area contributed by atoms with E-state index in [1.807, 2.05) is 17.5 Å². The van der Waals surface area contributed by atoms with Crippen molar-refractivity contribution in [2.24, 2.45) is 0 Å². The molecule has 0 spiro atoms. The van der Waals surface area contributed by atoms with Gasteiger partial charge in [0.25, 0.3) is 5.56 Å². The van der Waals surface area contributed by atoms with Crippen LogP contribution in [0.4, 0.5) is 5.69 Å². The quantitative estimate of drug-likeness (QED) is 0.716. The van der Waals surface area contributed by atoms with Crippen LogP contribution in [0.3, 0.4) is 0 Å². The van der Waals surface area contributed by atoms with Gasteiger partial charge >= 0.3 is 0 Å². The summed E-state index contributed by atoms with van der Waals surface area (Å²) in [5.41, 5.74) is 1.93. The molecule has 1 amide bonds. The highest BCUT2D eigenvalue weighted by molar-refractivity contribution is 7.10. The molecule has 0 bridgehead atoms. The second-order valence-corrected chi connectivity index (χ2v) is 6.13. The van der Waals surface area contributed by atoms with Gasteiger partial charge in [-0.1, -0.05) is 6.07 Å². The van der Waals surface area contributed by atoms with Crippen LogP contribution in [0, 0.1) is 6.92 Å². The summed E-state index contributed by atoms with van der Waals surface area (Å²) in [7, 11) is 0. The molecule has 5 nitrogen and oxygen atoms in total. The van der Waals surface area contributed by atoms with Gasteiger partial charge in [-0.15, -0.1) is 11.3 Å². The number of amides is 1. The summed E-state index contributed by atoms with van der Waals surface area (Å²) in [5, 5.41) is 4.75. The van der Waals surface area contributed by atoms with Crippen molar-refractivity contribution >= 4 is 29.0 Å². The smallest absolute Gasteiger partial charge is 0.251 e. The Balaban J connectivity index is 1.70. The molecule has 120 valence electrons. The van der Waals surface area contributed by atoms with E-state index in [2.05, 4.69) is 15.3 Å². The molecule has 1 aromatic carbocycles. The van der Waals surface area contributed by atoms with E-state index in [0.29, 0.717) is 17.2 Å². The highest BCUT2D eigenvalue weighted by Crippen LogP contribution is 2.17. The lowest BCUT2D eigenvalue weighted by atomic mass is 10.2. The summed E-state index contributed by atoms with van der Waals surface area (Å²) < 4.78 is 0. The maximum absolute atomic E-state index is 11.9. The average molecular weight is 337 g/mol. The Morgan fingerprint density at radius 3 is 2.71 bits per heavy atom. The van der Waals surface area contributed by atoms with Crippen molar-refractivity contribution in [1.29, 1.82) is 0 Å². The Kier molecular flexibility index (Phi) is 4.67. The Bertz CT molecular complexity index is 926. The molecule has 2 heterocycles. The zero-order valence-corrected chi connectivity index (χ0v) is 13.8. The minimum atomic E-state index is -0.196. The second-order valence-electron chi connectivity index (χ2n) is 5.15. The molecule has 0 saturated heterocycles. The zero-order valence-electron chi connectivity index (χ0n) is 12.9. The molecule has 3 rings (SSSR count). The third-order valence-electron chi connectivity index (χ3n) is 3.24. The van der Waals surface area contributed by atoms with Crippen molar-refractivity contribution in [3.63, 3.8) is 0 Å². The van der Waals surface area contributed by atoms with Crippen molar-refractivity contribution in [2.45, 2.75) is 6.92 Å². The summed E-state index contributed by atoms with van der Waals surface area (Å²) in [6.45, 7) is 1.77. The van der Waals surface area contributed by atoms with E-state index >= 15 is 0 Å². The molecule has 6 heteroatoms. The third kappa shape index (κ3) is 4.05. The Hall–Kier alpha value is -2.99. The molecule has 3 aromatic rings. The monoisotopic (exact) mass is 337 g/mol. The Morgan fingerprint density at radius 2 is 2.04 bits per heavy atom. The normalized spacial score (nSPS) is 10.9. The fourth-order valence-electron chi connectivity index (χ4n) is 2.16. The van der Waals surface area contributed by atoms with E-state index in [1.165, 1.54) is 12.1 Å². The number of H-pyrrole nitrogens is 1. The second kappa shape index (κ2) is 7.06. The minimum absolute atomic E-state index is 0.186. The fraction of sp³-hybridized carbons (Fsp3) is 0.0556. The molecule has 0 atom stereocenters. The standard InChI is InChI=1S/C18H15N3O2S/c1-12-11-17(23)21-18(19-12)13-4-6-14(7-5-13)20-16(22)9-8-15-3-2-10-24-15/h2-11H,1H3,(H,20,22)(H,19,21,23)/b9-8+. The summed E-state index contributed by atoms with van der Waals surface area (Å²) in [4.78, 5) is 31.4. The molecule has 0 aliphatic rings. The number of nitrogens with one attached hydrogen (secondary N) is 2. The van der Waals surface area contributed by atoms with Crippen LogP contribution in [-0.2, 0) is 4.79 Å². The van der Waals surface area contributed by atoms with E-state index in [-0.39, 0.29) is 11.5 Å². The van der Waals surface area contributed by atoms with Gasteiger partial charge in [-0.25, -0.2) is 4.98 Å². The molecular weight excluding hydrogens is 322 g/mol. The van der Waals surface area contributed by atoms with E-state index in [1.54, 1.807) is 48.6 Å². The predicted molar refractivity (Wildman–Crippen MR) is 97.0 cm³/mol. The van der Waals surface area contributed by atoms with Crippen LogP contribution in [0.25, 0.3) is 17.5 Å². The van der Waals surface area contributed by atoms with Gasteiger partial charge in [-0.05, 0) is 48.7 Å². The molecule has 0 aliphatic carbocycles. The van der Waals surface area contributed by atoms with Gasteiger partial charge in [0.15, 0.2) is 0 Å². The Morgan fingerprint density at radius 1 is 1.25 bits per heavy atom. The predicted octanol–water partition coefficient (Wildman–Crippen LogP) is 3.46. The van der Waals surface area contributed by atoms with Gasteiger partial charge in [0.2, 0.25) is 5.91 Å². The van der Waals surface area contributed by atoms with Gasteiger partial charge in [-0.3, -0.25) is 9.59 Å². The zero-order chi connectivity index (χ0) is 16.9. The SMILES string of the molecule is Cc1cc(=O)[nH]c(-c2ccc(NC(=O)/C=C/c3cccs3)cc2)n1. The summed E-state index contributed by atoms with van der Waals surface area (Å²) >= 11 is 1.57. The van der Waals surface area contributed by atoms with Crippen molar-refractivity contribution in [3.05, 3.63) is 74.8 Å². The van der Waals surface area contributed by atoms with Crippen LogP contribution >= 0.6 is 11.3 Å². The van der Waals surface area contributed by atoms with E-state index in [9.17, 15) is 9.59 Å². The van der Waals surface area contributed by atoms with Gasteiger partial charge in [0.1, 0.15) is 5.82 Å². The van der Waals surface area contributed by atoms with Gasteiger partial charge in [0.05, 0.1) is 0 Å². The van der Waals surface area contributed by atoms with E-state index in [0.717, 1.165) is 10.4 Å². The number of rotatable bonds is 4. The Labute approximate surface area is 142 Å². The van der Waals surface area contributed by atoms with Crippen molar-refractivity contribution in [2.75, 3.05) is 5.32 Å². The molecule has 2 aromatic heterocycles. The number of aromatic nitrogens is 2. The molecule has 2 N–H and O–H groups in total. The maximum atomic E-state index is 11.9. The fourth-order valence-corrected chi connectivity index (χ4v) is 2.77. The highest BCUT2D eigenvalue weighted by Gasteiger charge is 2.03. The third-order valence-corrected chi connectivity index (χ3v) is 4.08. The number of hydrogen-bond donors (Lipinski definition) is 2. The first-order valence-corrected chi connectivity index (χ1v) is 8.19. The van der Waals surface area contributed by atoms with Crippen LogP contribution in [0.15, 0.2) is 58.7 Å². The van der Waals surface area contributed by atoms with Crippen molar-refractivity contribution in [1.82, 2.24) is 9.97 Å². The van der Waals surface area contributed by atoms with Crippen LogP contribution < -0.4 is 10.9 Å². The molecule has 0 fully saturated rings.